The summed E-state index contributed by atoms with van der Waals surface area (Å²) in [6.45, 7) is 5.01. The highest BCUT2D eigenvalue weighted by Crippen LogP contribution is 2.35. The summed E-state index contributed by atoms with van der Waals surface area (Å²) < 4.78 is 16.7. The van der Waals surface area contributed by atoms with Crippen LogP contribution < -0.4 is 19.5 Å². The molecular formula is C22H25NO4. The molecule has 142 valence electrons. The predicted octanol–water partition coefficient (Wildman–Crippen LogP) is 3.75. The van der Waals surface area contributed by atoms with Gasteiger partial charge in [0.05, 0.1) is 13.7 Å². The molecule has 5 nitrogen and oxygen atoms in total. The summed E-state index contributed by atoms with van der Waals surface area (Å²) in [5, 5.41) is 2.88. The van der Waals surface area contributed by atoms with E-state index in [1.807, 2.05) is 50.2 Å². The first-order valence-corrected chi connectivity index (χ1v) is 9.14. The molecule has 0 aromatic heterocycles. The third-order valence-corrected chi connectivity index (χ3v) is 4.37. The van der Waals surface area contributed by atoms with Gasteiger partial charge in [0.15, 0.2) is 0 Å². The molecule has 0 spiro atoms. The molecule has 0 fully saturated rings. The highest BCUT2D eigenvalue weighted by atomic mass is 16.5. The summed E-state index contributed by atoms with van der Waals surface area (Å²) in [6.07, 6.45) is 4.33. The quantitative estimate of drug-likeness (QED) is 0.758. The van der Waals surface area contributed by atoms with Crippen molar-refractivity contribution in [3.8, 4) is 17.2 Å². The van der Waals surface area contributed by atoms with E-state index in [-0.39, 0.29) is 12.0 Å². The van der Waals surface area contributed by atoms with Crippen LogP contribution in [0.25, 0.3) is 6.08 Å². The molecule has 1 heterocycles. The summed E-state index contributed by atoms with van der Waals surface area (Å²) in [4.78, 5) is 12.2. The summed E-state index contributed by atoms with van der Waals surface area (Å²) >= 11 is 0. The fourth-order valence-corrected chi connectivity index (χ4v) is 3.02. The van der Waals surface area contributed by atoms with Crippen molar-refractivity contribution in [1.29, 1.82) is 0 Å². The standard InChI is InChI=1S/C22H25NO4/c1-4-26-20-13-18-11-15(2)27-21(18)12-17(20)7-10-22(24)23-14-16-5-8-19(25-3)9-6-16/h5-10,12-13,15H,4,11,14H2,1-3H3,(H,23,24)/b10-7+/t15-/m0/s1. The number of hydrogen-bond donors (Lipinski definition) is 1. The number of ether oxygens (including phenoxy) is 3. The predicted molar refractivity (Wildman–Crippen MR) is 105 cm³/mol. The molecule has 0 saturated heterocycles. The lowest BCUT2D eigenvalue weighted by Crippen LogP contribution is -2.20. The molecule has 2 aromatic rings. The molecule has 27 heavy (non-hydrogen) atoms. The number of hydrogen-bond acceptors (Lipinski definition) is 4. The number of benzene rings is 2. The Balaban J connectivity index is 1.65. The minimum absolute atomic E-state index is 0.164. The summed E-state index contributed by atoms with van der Waals surface area (Å²) in [5.41, 5.74) is 2.99. The van der Waals surface area contributed by atoms with Crippen LogP contribution in [0.2, 0.25) is 0 Å². The van der Waals surface area contributed by atoms with Crippen molar-refractivity contribution < 1.29 is 19.0 Å². The van der Waals surface area contributed by atoms with Crippen LogP contribution in [0.15, 0.2) is 42.5 Å². The normalized spacial score (nSPS) is 15.3. The van der Waals surface area contributed by atoms with Crippen molar-refractivity contribution in [2.75, 3.05) is 13.7 Å². The zero-order valence-electron chi connectivity index (χ0n) is 16.0. The lowest BCUT2D eigenvalue weighted by Gasteiger charge is -2.10. The van der Waals surface area contributed by atoms with Crippen molar-refractivity contribution in [3.05, 3.63) is 59.2 Å². The molecule has 1 atom stereocenters. The fourth-order valence-electron chi connectivity index (χ4n) is 3.02. The van der Waals surface area contributed by atoms with Crippen molar-refractivity contribution in [2.45, 2.75) is 32.9 Å². The Kier molecular flexibility index (Phi) is 6.01. The van der Waals surface area contributed by atoms with Gasteiger partial charge < -0.3 is 19.5 Å². The van der Waals surface area contributed by atoms with Crippen LogP contribution in [0.5, 0.6) is 17.2 Å². The highest BCUT2D eigenvalue weighted by Gasteiger charge is 2.21. The topological polar surface area (TPSA) is 56.8 Å². The first-order chi connectivity index (χ1) is 13.1. The zero-order valence-corrected chi connectivity index (χ0v) is 16.0. The molecule has 0 bridgehead atoms. The number of nitrogens with one attached hydrogen (secondary N) is 1. The first kappa shape index (κ1) is 18.8. The Bertz CT molecular complexity index is 827. The molecule has 0 unspecified atom stereocenters. The molecule has 1 aliphatic rings. The SMILES string of the molecule is CCOc1cc2c(cc1/C=C/C(=O)NCc1ccc(OC)cc1)O[C@@H](C)C2. The number of methoxy groups -OCH3 is 1. The van der Waals surface area contributed by atoms with E-state index in [4.69, 9.17) is 14.2 Å². The van der Waals surface area contributed by atoms with Gasteiger partial charge in [-0.25, -0.2) is 0 Å². The number of carbonyl (C=O) groups excluding carboxylic acids is 1. The van der Waals surface area contributed by atoms with E-state index in [1.165, 1.54) is 6.08 Å². The van der Waals surface area contributed by atoms with Gasteiger partial charge in [0, 0.05) is 30.2 Å². The minimum Gasteiger partial charge on any atom is -0.497 e. The lowest BCUT2D eigenvalue weighted by molar-refractivity contribution is -0.116. The second kappa shape index (κ2) is 8.62. The highest BCUT2D eigenvalue weighted by molar-refractivity contribution is 5.92. The summed E-state index contributed by atoms with van der Waals surface area (Å²) in [7, 11) is 1.63. The Labute approximate surface area is 159 Å². The van der Waals surface area contributed by atoms with E-state index in [2.05, 4.69) is 5.32 Å². The third-order valence-electron chi connectivity index (χ3n) is 4.37. The van der Waals surface area contributed by atoms with Gasteiger partial charge in [-0.3, -0.25) is 4.79 Å². The van der Waals surface area contributed by atoms with Crippen LogP contribution in [0.3, 0.4) is 0 Å². The van der Waals surface area contributed by atoms with Gasteiger partial charge in [-0.1, -0.05) is 12.1 Å². The van der Waals surface area contributed by atoms with Gasteiger partial charge in [0.25, 0.3) is 0 Å². The molecule has 1 aliphatic heterocycles. The zero-order chi connectivity index (χ0) is 19.2. The van der Waals surface area contributed by atoms with Crippen LogP contribution in [-0.4, -0.2) is 25.7 Å². The van der Waals surface area contributed by atoms with E-state index in [0.29, 0.717) is 13.2 Å². The van der Waals surface area contributed by atoms with Crippen molar-refractivity contribution >= 4 is 12.0 Å². The van der Waals surface area contributed by atoms with E-state index in [0.717, 1.165) is 40.4 Å². The van der Waals surface area contributed by atoms with Crippen LogP contribution in [-0.2, 0) is 17.8 Å². The first-order valence-electron chi connectivity index (χ1n) is 9.14. The van der Waals surface area contributed by atoms with Crippen molar-refractivity contribution in [2.24, 2.45) is 0 Å². The Morgan fingerprint density at radius 3 is 2.78 bits per heavy atom. The Hall–Kier alpha value is -2.95. The molecule has 3 rings (SSSR count). The van der Waals surface area contributed by atoms with Gasteiger partial charge in [0.1, 0.15) is 23.4 Å². The Morgan fingerprint density at radius 1 is 1.30 bits per heavy atom. The van der Waals surface area contributed by atoms with Gasteiger partial charge in [0.2, 0.25) is 5.91 Å². The molecule has 1 N–H and O–H groups in total. The molecule has 0 aliphatic carbocycles. The summed E-state index contributed by atoms with van der Waals surface area (Å²) in [6, 6.07) is 11.5. The molecule has 2 aromatic carbocycles. The number of rotatable bonds is 7. The largest absolute Gasteiger partial charge is 0.497 e. The van der Waals surface area contributed by atoms with E-state index in [1.54, 1.807) is 13.2 Å². The molecule has 5 heteroatoms. The second-order valence-electron chi connectivity index (χ2n) is 6.46. The smallest absolute Gasteiger partial charge is 0.244 e. The lowest BCUT2D eigenvalue weighted by atomic mass is 10.1. The maximum absolute atomic E-state index is 12.2. The maximum Gasteiger partial charge on any atom is 0.244 e. The van der Waals surface area contributed by atoms with Gasteiger partial charge >= 0.3 is 0 Å². The van der Waals surface area contributed by atoms with Gasteiger partial charge in [-0.15, -0.1) is 0 Å². The second-order valence-corrected chi connectivity index (χ2v) is 6.46. The van der Waals surface area contributed by atoms with E-state index < -0.39 is 0 Å². The molecule has 0 saturated carbocycles. The fraction of sp³-hybridized carbons (Fsp3) is 0.318. The van der Waals surface area contributed by atoms with Crippen molar-refractivity contribution in [3.63, 3.8) is 0 Å². The molecule has 1 amide bonds. The number of amides is 1. The van der Waals surface area contributed by atoms with E-state index in [9.17, 15) is 4.79 Å². The summed E-state index contributed by atoms with van der Waals surface area (Å²) in [5.74, 6) is 2.27. The van der Waals surface area contributed by atoms with Crippen LogP contribution in [0.1, 0.15) is 30.5 Å². The molecular weight excluding hydrogens is 342 g/mol. The number of fused-ring (bicyclic) bond motifs is 1. The average Bonchev–Trinajstić information content (AvgIpc) is 3.04. The molecule has 0 radical (unpaired) electrons. The van der Waals surface area contributed by atoms with Crippen LogP contribution >= 0.6 is 0 Å². The monoisotopic (exact) mass is 367 g/mol. The van der Waals surface area contributed by atoms with Crippen LogP contribution in [0, 0.1) is 0 Å². The average molecular weight is 367 g/mol. The van der Waals surface area contributed by atoms with E-state index >= 15 is 0 Å². The van der Waals surface area contributed by atoms with Crippen molar-refractivity contribution in [1.82, 2.24) is 5.32 Å². The van der Waals surface area contributed by atoms with Crippen LogP contribution in [0.4, 0.5) is 0 Å². The third kappa shape index (κ3) is 4.82. The van der Waals surface area contributed by atoms with Gasteiger partial charge in [-0.05, 0) is 49.8 Å². The number of carbonyl (C=O) groups is 1. The Morgan fingerprint density at radius 2 is 2.07 bits per heavy atom. The maximum atomic E-state index is 12.2. The van der Waals surface area contributed by atoms with Gasteiger partial charge in [-0.2, -0.15) is 0 Å². The minimum atomic E-state index is -0.164.